The highest BCUT2D eigenvalue weighted by molar-refractivity contribution is 5.91. The summed E-state index contributed by atoms with van der Waals surface area (Å²) in [7, 11) is 0. The SMILES string of the molecule is O=C(Cn1ccn(-c2ccc(F)c(F)c2)c(=O)c1=O)Nc1ccccc1C(F)(F)F. The van der Waals surface area contributed by atoms with Gasteiger partial charge in [-0.3, -0.25) is 23.5 Å². The third-order valence-electron chi connectivity index (χ3n) is 4.06. The predicted octanol–water partition coefficient (Wildman–Crippen LogP) is 2.93. The van der Waals surface area contributed by atoms with Gasteiger partial charge < -0.3 is 5.32 Å². The molecule has 11 heteroatoms. The number of nitrogens with one attached hydrogen (secondary N) is 1. The summed E-state index contributed by atoms with van der Waals surface area (Å²) in [5, 5.41) is 2.05. The van der Waals surface area contributed by atoms with E-state index in [2.05, 4.69) is 5.32 Å². The zero-order valence-corrected chi connectivity index (χ0v) is 14.9. The molecule has 0 fully saturated rings. The van der Waals surface area contributed by atoms with Gasteiger partial charge >= 0.3 is 17.3 Å². The Hall–Kier alpha value is -3.76. The van der Waals surface area contributed by atoms with E-state index in [1.54, 1.807) is 0 Å². The molecule has 1 heterocycles. The molecule has 3 rings (SSSR count). The molecule has 0 saturated heterocycles. The maximum Gasteiger partial charge on any atom is 0.418 e. The Kier molecular flexibility index (Phi) is 5.54. The van der Waals surface area contributed by atoms with E-state index in [1.807, 2.05) is 0 Å². The zero-order chi connectivity index (χ0) is 22.1. The Morgan fingerprint density at radius 2 is 1.63 bits per heavy atom. The molecule has 0 spiro atoms. The smallest absolute Gasteiger partial charge is 0.324 e. The molecule has 1 N–H and O–H groups in total. The van der Waals surface area contributed by atoms with E-state index < -0.39 is 52.6 Å². The molecule has 2 aromatic carbocycles. The first-order valence-electron chi connectivity index (χ1n) is 8.31. The minimum Gasteiger partial charge on any atom is -0.324 e. The number of hydrogen-bond donors (Lipinski definition) is 1. The van der Waals surface area contributed by atoms with Crippen molar-refractivity contribution in [2.24, 2.45) is 0 Å². The second kappa shape index (κ2) is 7.93. The third-order valence-corrected chi connectivity index (χ3v) is 4.06. The van der Waals surface area contributed by atoms with Crippen LogP contribution in [0.15, 0.2) is 64.4 Å². The molecule has 0 atom stereocenters. The van der Waals surface area contributed by atoms with Crippen molar-refractivity contribution < 1.29 is 26.7 Å². The summed E-state index contributed by atoms with van der Waals surface area (Å²) in [5.41, 5.74) is -4.03. The van der Waals surface area contributed by atoms with Crippen LogP contribution in [0.2, 0.25) is 0 Å². The Labute approximate surface area is 164 Å². The van der Waals surface area contributed by atoms with Gasteiger partial charge in [0.25, 0.3) is 0 Å². The number of carbonyl (C=O) groups is 1. The highest BCUT2D eigenvalue weighted by atomic mass is 19.4. The summed E-state index contributed by atoms with van der Waals surface area (Å²) in [6.07, 6.45) is -2.63. The second-order valence-electron chi connectivity index (χ2n) is 6.10. The predicted molar refractivity (Wildman–Crippen MR) is 96.3 cm³/mol. The summed E-state index contributed by atoms with van der Waals surface area (Å²) < 4.78 is 66.8. The number of amides is 1. The monoisotopic (exact) mass is 425 g/mol. The molecule has 0 saturated carbocycles. The third kappa shape index (κ3) is 4.29. The number of carbonyl (C=O) groups excluding carboxylic acids is 1. The van der Waals surface area contributed by atoms with Crippen LogP contribution in [0.5, 0.6) is 0 Å². The zero-order valence-electron chi connectivity index (χ0n) is 14.9. The van der Waals surface area contributed by atoms with Crippen molar-refractivity contribution >= 4 is 11.6 Å². The summed E-state index contributed by atoms with van der Waals surface area (Å²) in [6.45, 7) is -0.737. The van der Waals surface area contributed by atoms with Crippen LogP contribution in [-0.4, -0.2) is 15.0 Å². The van der Waals surface area contributed by atoms with Gasteiger partial charge in [-0.25, -0.2) is 8.78 Å². The van der Waals surface area contributed by atoms with Crippen LogP contribution in [0.4, 0.5) is 27.6 Å². The van der Waals surface area contributed by atoms with E-state index in [0.717, 1.165) is 47.3 Å². The van der Waals surface area contributed by atoms with Crippen LogP contribution in [0.25, 0.3) is 5.69 Å². The summed E-state index contributed by atoms with van der Waals surface area (Å²) >= 11 is 0. The minimum absolute atomic E-state index is 0.119. The molecular weight excluding hydrogens is 413 g/mol. The standard InChI is InChI=1S/C19H12F5N3O3/c20-13-6-5-11(9-14(13)21)27-8-7-26(17(29)18(27)30)10-16(28)25-15-4-2-1-3-12(15)19(22,23)24/h1-9H,10H2,(H,25,28). The van der Waals surface area contributed by atoms with Crippen molar-refractivity contribution in [2.45, 2.75) is 12.7 Å². The van der Waals surface area contributed by atoms with Gasteiger partial charge in [0.2, 0.25) is 5.91 Å². The van der Waals surface area contributed by atoms with Crippen molar-refractivity contribution in [2.75, 3.05) is 5.32 Å². The van der Waals surface area contributed by atoms with Crippen LogP contribution in [0.1, 0.15) is 5.56 Å². The molecule has 0 unspecified atom stereocenters. The molecule has 3 aromatic rings. The summed E-state index contributed by atoms with van der Waals surface area (Å²) in [4.78, 5) is 36.6. The van der Waals surface area contributed by atoms with Gasteiger partial charge in [-0.15, -0.1) is 0 Å². The number of benzene rings is 2. The Bertz CT molecular complexity index is 1230. The Morgan fingerprint density at radius 3 is 2.30 bits per heavy atom. The maximum atomic E-state index is 13.4. The Morgan fingerprint density at radius 1 is 0.933 bits per heavy atom. The largest absolute Gasteiger partial charge is 0.418 e. The molecule has 1 aromatic heterocycles. The lowest BCUT2D eigenvalue weighted by Crippen LogP contribution is -2.41. The van der Waals surface area contributed by atoms with E-state index in [-0.39, 0.29) is 5.69 Å². The van der Waals surface area contributed by atoms with E-state index in [0.29, 0.717) is 10.6 Å². The van der Waals surface area contributed by atoms with E-state index in [4.69, 9.17) is 0 Å². The number of aromatic nitrogens is 2. The quantitative estimate of drug-likeness (QED) is 0.516. The number of nitrogens with zero attached hydrogens (tertiary/aromatic N) is 2. The number of hydrogen-bond acceptors (Lipinski definition) is 3. The average Bonchev–Trinajstić information content (AvgIpc) is 2.67. The van der Waals surface area contributed by atoms with Crippen molar-refractivity contribution in [3.63, 3.8) is 0 Å². The highest BCUT2D eigenvalue weighted by Crippen LogP contribution is 2.34. The number of alkyl halides is 3. The molecule has 156 valence electrons. The van der Waals surface area contributed by atoms with Crippen molar-refractivity contribution in [1.29, 1.82) is 0 Å². The maximum absolute atomic E-state index is 13.4. The van der Waals surface area contributed by atoms with E-state index in [9.17, 15) is 36.3 Å². The van der Waals surface area contributed by atoms with Gasteiger partial charge in [-0.05, 0) is 24.3 Å². The summed E-state index contributed by atoms with van der Waals surface area (Å²) in [6, 6.07) is 6.83. The lowest BCUT2D eigenvalue weighted by atomic mass is 10.1. The number of rotatable bonds is 4. The molecule has 30 heavy (non-hydrogen) atoms. The van der Waals surface area contributed by atoms with Crippen molar-refractivity contribution in [1.82, 2.24) is 9.13 Å². The number of para-hydroxylation sites is 1. The first-order chi connectivity index (χ1) is 14.1. The van der Waals surface area contributed by atoms with Crippen molar-refractivity contribution in [3.05, 3.63) is 92.8 Å². The fourth-order valence-electron chi connectivity index (χ4n) is 2.65. The molecule has 0 aliphatic rings. The molecule has 6 nitrogen and oxygen atoms in total. The minimum atomic E-state index is -4.70. The lowest BCUT2D eigenvalue weighted by molar-refractivity contribution is -0.137. The van der Waals surface area contributed by atoms with Crippen LogP contribution in [0, 0.1) is 11.6 Å². The Balaban J connectivity index is 1.86. The fraction of sp³-hybridized carbons (Fsp3) is 0.105. The molecule has 0 aliphatic carbocycles. The highest BCUT2D eigenvalue weighted by Gasteiger charge is 2.33. The second-order valence-corrected chi connectivity index (χ2v) is 6.10. The van der Waals surface area contributed by atoms with Crippen LogP contribution < -0.4 is 16.4 Å². The molecule has 1 amide bonds. The fourth-order valence-corrected chi connectivity index (χ4v) is 2.65. The summed E-state index contributed by atoms with van der Waals surface area (Å²) in [5.74, 6) is -3.35. The van der Waals surface area contributed by atoms with Gasteiger partial charge in [0.05, 0.1) is 16.9 Å². The average molecular weight is 425 g/mol. The van der Waals surface area contributed by atoms with Crippen LogP contribution in [0.3, 0.4) is 0 Å². The first-order valence-corrected chi connectivity index (χ1v) is 8.31. The normalized spacial score (nSPS) is 11.4. The van der Waals surface area contributed by atoms with Gasteiger partial charge in [-0.1, -0.05) is 12.1 Å². The van der Waals surface area contributed by atoms with E-state index in [1.165, 1.54) is 6.07 Å². The molecule has 0 radical (unpaired) electrons. The molecule has 0 bridgehead atoms. The number of halogens is 5. The van der Waals surface area contributed by atoms with Gasteiger partial charge in [0, 0.05) is 18.5 Å². The van der Waals surface area contributed by atoms with E-state index >= 15 is 0 Å². The molecular formula is C19H12F5N3O3. The van der Waals surface area contributed by atoms with Crippen molar-refractivity contribution in [3.8, 4) is 5.69 Å². The molecule has 0 aliphatic heterocycles. The number of anilines is 1. The van der Waals surface area contributed by atoms with Gasteiger partial charge in [0.15, 0.2) is 11.6 Å². The van der Waals surface area contributed by atoms with Crippen LogP contribution >= 0.6 is 0 Å². The van der Waals surface area contributed by atoms with Crippen LogP contribution in [-0.2, 0) is 17.5 Å². The first kappa shape index (κ1) is 21.0. The van der Waals surface area contributed by atoms with Gasteiger partial charge in [0.1, 0.15) is 6.54 Å². The topological polar surface area (TPSA) is 73.1 Å². The lowest BCUT2D eigenvalue weighted by Gasteiger charge is -2.14. The van der Waals surface area contributed by atoms with Gasteiger partial charge in [-0.2, -0.15) is 13.2 Å².